The van der Waals surface area contributed by atoms with Gasteiger partial charge in [0.05, 0.1) is 0 Å². The molecule has 2 rings (SSSR count). The minimum Gasteiger partial charge on any atom is -0.316 e. The van der Waals surface area contributed by atoms with Crippen LogP contribution in [0.2, 0.25) is 0 Å². The van der Waals surface area contributed by atoms with Crippen molar-refractivity contribution < 1.29 is 4.39 Å². The molecule has 1 nitrogen and oxygen atoms in total. The molecule has 0 spiro atoms. The highest BCUT2D eigenvalue weighted by Crippen LogP contribution is 2.33. The van der Waals surface area contributed by atoms with E-state index in [1.165, 1.54) is 19.3 Å². The summed E-state index contributed by atoms with van der Waals surface area (Å²) in [4.78, 5) is 0. The van der Waals surface area contributed by atoms with Crippen LogP contribution in [0.25, 0.3) is 0 Å². The van der Waals surface area contributed by atoms with Crippen LogP contribution in [0.15, 0.2) is 22.7 Å². The monoisotopic (exact) mass is 313 g/mol. The van der Waals surface area contributed by atoms with Crippen molar-refractivity contribution in [2.75, 3.05) is 7.05 Å². The maximum Gasteiger partial charge on any atom is 0.127 e. The summed E-state index contributed by atoms with van der Waals surface area (Å²) >= 11 is 3.30. The van der Waals surface area contributed by atoms with Crippen molar-refractivity contribution in [3.8, 4) is 0 Å². The molecular weight excluding hydrogens is 293 g/mol. The van der Waals surface area contributed by atoms with Crippen LogP contribution in [0.1, 0.15) is 31.7 Å². The van der Waals surface area contributed by atoms with Crippen LogP contribution in [0.3, 0.4) is 0 Å². The van der Waals surface area contributed by atoms with E-state index < -0.39 is 0 Å². The number of hydrogen-bond donors (Lipinski definition) is 1. The van der Waals surface area contributed by atoms with Crippen molar-refractivity contribution in [3.05, 3.63) is 34.1 Å². The highest BCUT2D eigenvalue weighted by atomic mass is 79.9. The van der Waals surface area contributed by atoms with Gasteiger partial charge in [-0.1, -0.05) is 35.3 Å². The highest BCUT2D eigenvalue weighted by Gasteiger charge is 2.28. The Bertz CT molecular complexity index is 407. The summed E-state index contributed by atoms with van der Waals surface area (Å²) in [6.45, 7) is 2.31. The molecule has 3 atom stereocenters. The van der Waals surface area contributed by atoms with Gasteiger partial charge in [0, 0.05) is 10.5 Å². The van der Waals surface area contributed by atoms with E-state index in [0.717, 1.165) is 22.4 Å². The Kier molecular flexibility index (Phi) is 4.79. The summed E-state index contributed by atoms with van der Waals surface area (Å²) in [7, 11) is 1.99. The van der Waals surface area contributed by atoms with Crippen molar-refractivity contribution in [1.29, 1.82) is 0 Å². The first-order valence-corrected chi connectivity index (χ1v) is 7.50. The smallest absolute Gasteiger partial charge is 0.127 e. The molecule has 0 saturated heterocycles. The van der Waals surface area contributed by atoms with E-state index in [1.807, 2.05) is 19.2 Å². The third-order valence-electron chi connectivity index (χ3n) is 4.13. The highest BCUT2D eigenvalue weighted by molar-refractivity contribution is 9.10. The number of halogens is 2. The maximum atomic E-state index is 13.9. The predicted octanol–water partition coefficient (Wildman–Crippen LogP) is 4.15. The molecule has 3 unspecified atom stereocenters. The lowest BCUT2D eigenvalue weighted by molar-refractivity contribution is 0.364. The number of benzene rings is 1. The third kappa shape index (κ3) is 3.33. The Hall–Kier alpha value is -0.410. The van der Waals surface area contributed by atoms with E-state index in [1.54, 1.807) is 6.07 Å². The zero-order chi connectivity index (χ0) is 13.1. The molecule has 0 radical (unpaired) electrons. The van der Waals surface area contributed by atoms with E-state index in [-0.39, 0.29) is 5.82 Å². The second-order valence-electron chi connectivity index (χ2n) is 5.51. The third-order valence-corrected chi connectivity index (χ3v) is 4.62. The SMILES string of the molecule is CNC(Cc1ccc(Br)cc1F)C1CCC(C)C1. The average molecular weight is 314 g/mol. The van der Waals surface area contributed by atoms with Crippen LogP contribution in [0.5, 0.6) is 0 Å². The van der Waals surface area contributed by atoms with Crippen molar-refractivity contribution in [3.63, 3.8) is 0 Å². The van der Waals surface area contributed by atoms with Gasteiger partial charge in [-0.2, -0.15) is 0 Å². The molecule has 3 heteroatoms. The second-order valence-corrected chi connectivity index (χ2v) is 6.43. The van der Waals surface area contributed by atoms with Gasteiger partial charge in [0.15, 0.2) is 0 Å². The Morgan fingerprint density at radius 1 is 1.44 bits per heavy atom. The minimum atomic E-state index is -0.101. The quantitative estimate of drug-likeness (QED) is 0.880. The maximum absolute atomic E-state index is 13.9. The lowest BCUT2D eigenvalue weighted by Crippen LogP contribution is -2.34. The molecule has 0 aromatic heterocycles. The molecule has 1 aliphatic carbocycles. The van der Waals surface area contributed by atoms with E-state index >= 15 is 0 Å². The van der Waals surface area contributed by atoms with Crippen LogP contribution in [-0.2, 0) is 6.42 Å². The standard InChI is InChI=1S/C15H21BrFN/c1-10-3-4-12(7-10)15(18-2)8-11-5-6-13(16)9-14(11)17/h5-6,9-10,12,15,18H,3-4,7-8H2,1-2H3. The molecule has 1 aliphatic rings. The Morgan fingerprint density at radius 3 is 2.78 bits per heavy atom. The fourth-order valence-corrected chi connectivity index (χ4v) is 3.38. The molecular formula is C15H21BrFN. The zero-order valence-corrected chi connectivity index (χ0v) is 12.6. The van der Waals surface area contributed by atoms with E-state index in [4.69, 9.17) is 0 Å². The molecule has 0 bridgehead atoms. The summed E-state index contributed by atoms with van der Waals surface area (Å²) in [5.74, 6) is 1.41. The predicted molar refractivity (Wildman–Crippen MR) is 77.2 cm³/mol. The average Bonchev–Trinajstić information content (AvgIpc) is 2.75. The Balaban J connectivity index is 2.05. The van der Waals surface area contributed by atoms with Crippen LogP contribution < -0.4 is 5.32 Å². The van der Waals surface area contributed by atoms with Gasteiger partial charge < -0.3 is 5.32 Å². The molecule has 1 N–H and O–H groups in total. The van der Waals surface area contributed by atoms with Gasteiger partial charge in [-0.15, -0.1) is 0 Å². The lowest BCUT2D eigenvalue weighted by atomic mass is 9.91. The Labute approximate surface area is 117 Å². The van der Waals surface area contributed by atoms with Gasteiger partial charge in [-0.3, -0.25) is 0 Å². The largest absolute Gasteiger partial charge is 0.316 e. The topological polar surface area (TPSA) is 12.0 Å². The fourth-order valence-electron chi connectivity index (χ4n) is 3.05. The molecule has 1 aromatic rings. The first-order valence-electron chi connectivity index (χ1n) is 6.71. The van der Waals surface area contributed by atoms with Crippen LogP contribution in [0.4, 0.5) is 4.39 Å². The number of likely N-dealkylation sites (N-methyl/N-ethyl adjacent to an activating group) is 1. The van der Waals surface area contributed by atoms with Gasteiger partial charge >= 0.3 is 0 Å². The summed E-state index contributed by atoms with van der Waals surface area (Å²) < 4.78 is 14.7. The molecule has 100 valence electrons. The molecule has 0 heterocycles. The normalized spacial score (nSPS) is 25.3. The zero-order valence-electron chi connectivity index (χ0n) is 11.0. The first-order chi connectivity index (χ1) is 8.60. The van der Waals surface area contributed by atoms with Crippen molar-refractivity contribution in [1.82, 2.24) is 5.32 Å². The summed E-state index contributed by atoms with van der Waals surface area (Å²) in [6.07, 6.45) is 4.63. The summed E-state index contributed by atoms with van der Waals surface area (Å²) in [5, 5.41) is 3.38. The van der Waals surface area contributed by atoms with Crippen molar-refractivity contribution >= 4 is 15.9 Å². The lowest BCUT2D eigenvalue weighted by Gasteiger charge is -2.23. The van der Waals surface area contributed by atoms with Crippen molar-refractivity contribution in [2.24, 2.45) is 11.8 Å². The molecule has 1 aromatic carbocycles. The van der Waals surface area contributed by atoms with Gasteiger partial charge in [0.2, 0.25) is 0 Å². The fraction of sp³-hybridized carbons (Fsp3) is 0.600. The minimum absolute atomic E-state index is 0.101. The van der Waals surface area contributed by atoms with Gasteiger partial charge in [0.1, 0.15) is 5.82 Å². The second kappa shape index (κ2) is 6.16. The van der Waals surface area contributed by atoms with Gasteiger partial charge in [0.25, 0.3) is 0 Å². The van der Waals surface area contributed by atoms with Gasteiger partial charge in [-0.25, -0.2) is 4.39 Å². The molecule has 1 saturated carbocycles. The molecule has 0 amide bonds. The number of hydrogen-bond acceptors (Lipinski definition) is 1. The number of rotatable bonds is 4. The Morgan fingerprint density at radius 2 is 2.22 bits per heavy atom. The molecule has 0 aliphatic heterocycles. The molecule has 1 fully saturated rings. The first kappa shape index (κ1) is 14.0. The number of nitrogens with one attached hydrogen (secondary N) is 1. The van der Waals surface area contributed by atoms with Crippen LogP contribution >= 0.6 is 15.9 Å². The van der Waals surface area contributed by atoms with Crippen LogP contribution in [-0.4, -0.2) is 13.1 Å². The van der Waals surface area contributed by atoms with Gasteiger partial charge in [-0.05, 0) is 55.8 Å². The molecule has 18 heavy (non-hydrogen) atoms. The van der Waals surface area contributed by atoms with E-state index in [0.29, 0.717) is 12.0 Å². The summed E-state index contributed by atoms with van der Waals surface area (Å²) in [5.41, 5.74) is 0.817. The summed E-state index contributed by atoms with van der Waals surface area (Å²) in [6, 6.07) is 5.76. The van der Waals surface area contributed by atoms with E-state index in [9.17, 15) is 4.39 Å². The van der Waals surface area contributed by atoms with E-state index in [2.05, 4.69) is 28.2 Å². The van der Waals surface area contributed by atoms with Crippen LogP contribution in [0, 0.1) is 17.7 Å². The van der Waals surface area contributed by atoms with Crippen molar-refractivity contribution in [2.45, 2.75) is 38.6 Å².